The van der Waals surface area contributed by atoms with E-state index in [0.29, 0.717) is 12.8 Å². The van der Waals surface area contributed by atoms with Gasteiger partial charge in [0.05, 0.1) is 0 Å². The molecule has 4 N–H and O–H groups in total. The van der Waals surface area contributed by atoms with Crippen LogP contribution in [-0.4, -0.2) is 39.6 Å². The third-order valence-electron chi connectivity index (χ3n) is 3.94. The van der Waals surface area contributed by atoms with Crippen molar-refractivity contribution in [1.82, 2.24) is 9.80 Å². The first-order valence-electron chi connectivity index (χ1n) is 7.45. The van der Waals surface area contributed by atoms with Crippen molar-refractivity contribution in [3.63, 3.8) is 0 Å². The van der Waals surface area contributed by atoms with Gasteiger partial charge in [0.15, 0.2) is 0 Å². The van der Waals surface area contributed by atoms with Gasteiger partial charge in [0.1, 0.15) is 17.9 Å². The van der Waals surface area contributed by atoms with E-state index in [1.807, 2.05) is 0 Å². The predicted molar refractivity (Wildman–Crippen MR) is 92.0 cm³/mol. The molecule has 0 unspecified atom stereocenters. The number of urea groups is 1. The first-order valence-corrected chi connectivity index (χ1v) is 7.45. The lowest BCUT2D eigenvalue weighted by Crippen LogP contribution is -2.61. The van der Waals surface area contributed by atoms with Crippen LogP contribution in [0.25, 0.3) is 0 Å². The predicted octanol–water partition coefficient (Wildman–Crippen LogP) is 1.86. The van der Waals surface area contributed by atoms with Crippen molar-refractivity contribution in [3.8, 4) is 0 Å². The van der Waals surface area contributed by atoms with Crippen molar-refractivity contribution in [2.45, 2.75) is 37.0 Å². The molecule has 3 amide bonds. The van der Waals surface area contributed by atoms with Crippen LogP contribution in [0.1, 0.15) is 25.7 Å². The Balaban J connectivity index is 3.21. The molecule has 23 heavy (non-hydrogen) atoms. The van der Waals surface area contributed by atoms with Gasteiger partial charge in [0, 0.05) is 25.7 Å². The summed E-state index contributed by atoms with van der Waals surface area (Å²) in [5.74, 6) is -0.385. The lowest BCUT2D eigenvalue weighted by Gasteiger charge is -2.39. The largest absolute Gasteiger partial charge is 0.330 e. The third kappa shape index (κ3) is 3.60. The number of carbonyl (C=O) groups is 2. The minimum atomic E-state index is -1.18. The van der Waals surface area contributed by atoms with E-state index in [1.54, 1.807) is 24.3 Å². The number of carbonyl (C=O) groups excluding carboxylic acids is 2. The van der Waals surface area contributed by atoms with Crippen LogP contribution in [0.5, 0.6) is 0 Å². The highest BCUT2D eigenvalue weighted by Gasteiger charge is 2.51. The zero-order chi connectivity index (χ0) is 17.7. The summed E-state index contributed by atoms with van der Waals surface area (Å²) in [6, 6.07) is -0.507. The molecule has 1 fully saturated rings. The zero-order valence-corrected chi connectivity index (χ0v) is 13.5. The van der Waals surface area contributed by atoms with Gasteiger partial charge in [-0.05, 0) is 0 Å². The highest BCUT2D eigenvalue weighted by atomic mass is 16.2. The highest BCUT2D eigenvalue weighted by Crippen LogP contribution is 2.31. The van der Waals surface area contributed by atoms with Crippen molar-refractivity contribution in [3.05, 3.63) is 50.6 Å². The van der Waals surface area contributed by atoms with E-state index in [1.165, 1.54) is 4.90 Å². The van der Waals surface area contributed by atoms with Crippen molar-refractivity contribution in [1.29, 1.82) is 0 Å². The molecule has 0 saturated carbocycles. The molecule has 1 saturated heterocycles. The van der Waals surface area contributed by atoms with Crippen LogP contribution in [0.3, 0.4) is 0 Å². The Morgan fingerprint density at radius 3 is 1.65 bits per heavy atom. The van der Waals surface area contributed by atoms with E-state index in [-0.39, 0.29) is 25.3 Å². The fraction of sp³-hybridized carbons (Fsp3) is 0.412. The molecule has 0 aromatic rings. The summed E-state index contributed by atoms with van der Waals surface area (Å²) in [5.41, 5.74) is 10.4. The Morgan fingerprint density at radius 2 is 1.26 bits per heavy atom. The first-order chi connectivity index (χ1) is 10.8. The van der Waals surface area contributed by atoms with Gasteiger partial charge in [0.2, 0.25) is 0 Å². The molecule has 6 nitrogen and oxygen atoms in total. The standard InChI is InChI=1S/C17H26N4O2/c1-5-9-16(18,10-6-2)20-13-14(22)21(15(20)23)17(19,11-7-3)12-8-4/h5-8H,1-4,9-13,18-19H2. The normalized spacial score (nSPS) is 15.7. The maximum Gasteiger partial charge on any atom is 0.330 e. The molecule has 1 aliphatic heterocycles. The first kappa shape index (κ1) is 18.9. The zero-order valence-electron chi connectivity index (χ0n) is 13.5. The summed E-state index contributed by atoms with van der Waals surface area (Å²) >= 11 is 0. The molecule has 0 aliphatic carbocycles. The van der Waals surface area contributed by atoms with Crippen LogP contribution in [0, 0.1) is 0 Å². The van der Waals surface area contributed by atoms with Crippen molar-refractivity contribution in [2.75, 3.05) is 6.54 Å². The van der Waals surface area contributed by atoms with Crippen LogP contribution < -0.4 is 11.5 Å². The van der Waals surface area contributed by atoms with Crippen LogP contribution in [0.4, 0.5) is 4.79 Å². The van der Waals surface area contributed by atoms with Crippen LogP contribution >= 0.6 is 0 Å². The number of rotatable bonds is 10. The number of imide groups is 1. The molecule has 6 heteroatoms. The molecule has 0 radical (unpaired) electrons. The second-order valence-electron chi connectivity index (χ2n) is 5.78. The molecular formula is C17H26N4O2. The average Bonchev–Trinajstić information content (AvgIpc) is 2.76. The van der Waals surface area contributed by atoms with E-state index in [9.17, 15) is 9.59 Å². The van der Waals surface area contributed by atoms with Crippen molar-refractivity contribution < 1.29 is 9.59 Å². The van der Waals surface area contributed by atoms with Gasteiger partial charge in [-0.1, -0.05) is 24.3 Å². The Kier molecular flexibility index (Phi) is 6.06. The van der Waals surface area contributed by atoms with Gasteiger partial charge < -0.3 is 11.5 Å². The molecular weight excluding hydrogens is 292 g/mol. The highest BCUT2D eigenvalue weighted by molar-refractivity contribution is 6.03. The molecule has 0 atom stereocenters. The Morgan fingerprint density at radius 1 is 0.870 bits per heavy atom. The average molecular weight is 318 g/mol. The molecule has 0 aromatic heterocycles. The third-order valence-corrected chi connectivity index (χ3v) is 3.94. The molecule has 1 heterocycles. The Bertz CT molecular complexity index is 507. The van der Waals surface area contributed by atoms with Gasteiger partial charge in [-0.25, -0.2) is 9.69 Å². The number of amides is 3. The monoisotopic (exact) mass is 318 g/mol. The molecule has 1 aliphatic rings. The molecule has 0 bridgehead atoms. The topological polar surface area (TPSA) is 92.7 Å². The van der Waals surface area contributed by atoms with Crippen LogP contribution in [0.15, 0.2) is 50.6 Å². The second kappa shape index (κ2) is 7.39. The van der Waals surface area contributed by atoms with Crippen molar-refractivity contribution >= 4 is 11.9 Å². The summed E-state index contributed by atoms with van der Waals surface area (Å²) in [5, 5.41) is 0. The summed E-state index contributed by atoms with van der Waals surface area (Å²) in [4.78, 5) is 27.7. The van der Waals surface area contributed by atoms with E-state index >= 15 is 0 Å². The summed E-state index contributed by atoms with van der Waals surface area (Å²) in [6.45, 7) is 14.5. The van der Waals surface area contributed by atoms with Gasteiger partial charge >= 0.3 is 6.03 Å². The number of hydrogen-bond donors (Lipinski definition) is 2. The fourth-order valence-corrected chi connectivity index (χ4v) is 2.86. The Hall–Kier alpha value is -2.18. The van der Waals surface area contributed by atoms with E-state index in [0.717, 1.165) is 4.90 Å². The lowest BCUT2D eigenvalue weighted by molar-refractivity contribution is -0.129. The summed E-state index contributed by atoms with van der Waals surface area (Å²) in [7, 11) is 0. The van der Waals surface area contributed by atoms with Crippen molar-refractivity contribution in [2.24, 2.45) is 11.5 Å². The fourth-order valence-electron chi connectivity index (χ4n) is 2.86. The van der Waals surface area contributed by atoms with Gasteiger partial charge in [0.25, 0.3) is 5.91 Å². The van der Waals surface area contributed by atoms with E-state index < -0.39 is 17.4 Å². The van der Waals surface area contributed by atoms with Gasteiger partial charge in [-0.2, -0.15) is 0 Å². The van der Waals surface area contributed by atoms with E-state index in [2.05, 4.69) is 26.3 Å². The van der Waals surface area contributed by atoms with Gasteiger partial charge in [-0.15, -0.1) is 26.3 Å². The number of nitrogens with zero attached hydrogens (tertiary/aromatic N) is 2. The molecule has 0 aromatic carbocycles. The molecule has 0 spiro atoms. The second-order valence-corrected chi connectivity index (χ2v) is 5.78. The number of hydrogen-bond acceptors (Lipinski definition) is 4. The maximum absolute atomic E-state index is 12.8. The number of nitrogens with two attached hydrogens (primary N) is 2. The molecule has 126 valence electrons. The SMILES string of the molecule is C=CCC(N)(CC=C)N1CC(=O)N(C(N)(CC=C)CC=C)C1=O. The minimum absolute atomic E-state index is 0.121. The van der Waals surface area contributed by atoms with Crippen LogP contribution in [-0.2, 0) is 4.79 Å². The summed E-state index contributed by atoms with van der Waals surface area (Å²) < 4.78 is 0. The van der Waals surface area contributed by atoms with E-state index in [4.69, 9.17) is 11.5 Å². The van der Waals surface area contributed by atoms with Gasteiger partial charge in [-0.3, -0.25) is 9.69 Å². The lowest BCUT2D eigenvalue weighted by atomic mass is 10.00. The Labute approximate surface area is 137 Å². The van der Waals surface area contributed by atoms with Crippen LogP contribution in [0.2, 0.25) is 0 Å². The smallest absolute Gasteiger partial charge is 0.308 e. The molecule has 1 rings (SSSR count). The minimum Gasteiger partial charge on any atom is -0.308 e. The summed E-state index contributed by atoms with van der Waals surface area (Å²) in [6.07, 6.45) is 7.61. The maximum atomic E-state index is 12.8. The quantitative estimate of drug-likeness (QED) is 0.475.